The van der Waals surface area contributed by atoms with Gasteiger partial charge in [0.2, 0.25) is 5.91 Å². The maximum atomic E-state index is 12.8. The lowest BCUT2D eigenvalue weighted by Crippen LogP contribution is -2.33. The first kappa shape index (κ1) is 17.8. The van der Waals surface area contributed by atoms with Gasteiger partial charge in [0.15, 0.2) is 0 Å². The number of rotatable bonds is 5. The Kier molecular flexibility index (Phi) is 5.11. The number of nitrogens with one attached hydrogen (secondary N) is 1. The molecule has 1 atom stereocenters. The number of methoxy groups -OCH3 is 2. The van der Waals surface area contributed by atoms with Crippen LogP contribution in [0.4, 0.5) is 11.4 Å². The first-order valence-electron chi connectivity index (χ1n) is 8.45. The number of benzene rings is 2. The van der Waals surface area contributed by atoms with Crippen molar-refractivity contribution in [2.24, 2.45) is 0 Å². The van der Waals surface area contributed by atoms with Gasteiger partial charge in [-0.15, -0.1) is 0 Å². The summed E-state index contributed by atoms with van der Waals surface area (Å²) in [5.41, 5.74) is 2.81. The van der Waals surface area contributed by atoms with E-state index in [9.17, 15) is 9.59 Å². The minimum atomic E-state index is -0.389. The Morgan fingerprint density at radius 1 is 1.19 bits per heavy atom. The van der Waals surface area contributed by atoms with Crippen molar-refractivity contribution in [2.75, 3.05) is 31.0 Å². The quantitative estimate of drug-likeness (QED) is 0.836. The summed E-state index contributed by atoms with van der Waals surface area (Å²) in [6, 6.07) is 12.5. The summed E-state index contributed by atoms with van der Waals surface area (Å²) in [5.74, 6) is 0.263. The number of hydrogen-bond acceptors (Lipinski definition) is 5. The van der Waals surface area contributed by atoms with Crippen molar-refractivity contribution in [2.45, 2.75) is 19.4 Å². The van der Waals surface area contributed by atoms with E-state index in [4.69, 9.17) is 9.47 Å². The zero-order valence-electron chi connectivity index (χ0n) is 15.1. The Morgan fingerprint density at radius 3 is 2.69 bits per heavy atom. The molecule has 6 nitrogen and oxygen atoms in total. The highest BCUT2D eigenvalue weighted by atomic mass is 16.5. The molecule has 0 bridgehead atoms. The molecule has 1 amide bonds. The summed E-state index contributed by atoms with van der Waals surface area (Å²) < 4.78 is 10.2. The van der Waals surface area contributed by atoms with E-state index in [2.05, 4.69) is 5.32 Å². The zero-order chi connectivity index (χ0) is 18.7. The second kappa shape index (κ2) is 7.47. The summed E-state index contributed by atoms with van der Waals surface area (Å²) in [4.78, 5) is 26.4. The van der Waals surface area contributed by atoms with E-state index in [0.717, 1.165) is 16.9 Å². The van der Waals surface area contributed by atoms with Crippen molar-refractivity contribution in [3.63, 3.8) is 0 Å². The summed E-state index contributed by atoms with van der Waals surface area (Å²) in [6.45, 7) is 2.45. The van der Waals surface area contributed by atoms with E-state index in [-0.39, 0.29) is 17.9 Å². The molecule has 1 aliphatic rings. The molecule has 0 aromatic heterocycles. The third-order valence-corrected chi connectivity index (χ3v) is 4.57. The second-order valence-corrected chi connectivity index (χ2v) is 6.17. The minimum Gasteiger partial charge on any atom is -0.495 e. The van der Waals surface area contributed by atoms with Crippen LogP contribution in [0.3, 0.4) is 0 Å². The van der Waals surface area contributed by atoms with Gasteiger partial charge in [-0.3, -0.25) is 4.79 Å². The van der Waals surface area contributed by atoms with Gasteiger partial charge >= 0.3 is 5.97 Å². The Morgan fingerprint density at radius 2 is 1.96 bits per heavy atom. The number of carbonyl (C=O) groups excluding carboxylic acids is 2. The molecule has 26 heavy (non-hydrogen) atoms. The first-order valence-corrected chi connectivity index (χ1v) is 8.45. The molecule has 1 N–H and O–H groups in total. The van der Waals surface area contributed by atoms with E-state index in [0.29, 0.717) is 24.3 Å². The summed E-state index contributed by atoms with van der Waals surface area (Å²) in [7, 11) is 2.95. The Labute approximate surface area is 152 Å². The van der Waals surface area contributed by atoms with Gasteiger partial charge in [-0.25, -0.2) is 4.79 Å². The fourth-order valence-corrected chi connectivity index (χ4v) is 3.15. The number of carbonyl (C=O) groups is 2. The van der Waals surface area contributed by atoms with Crippen LogP contribution in [0.15, 0.2) is 42.5 Å². The maximum Gasteiger partial charge on any atom is 0.338 e. The lowest BCUT2D eigenvalue weighted by Gasteiger charge is -2.20. The zero-order valence-corrected chi connectivity index (χ0v) is 15.1. The summed E-state index contributed by atoms with van der Waals surface area (Å²) in [6.07, 6.45) is 0.665. The molecule has 0 aliphatic carbocycles. The van der Waals surface area contributed by atoms with Crippen LogP contribution in [0.25, 0.3) is 0 Å². The van der Waals surface area contributed by atoms with Gasteiger partial charge in [0.25, 0.3) is 0 Å². The third-order valence-electron chi connectivity index (χ3n) is 4.57. The average molecular weight is 354 g/mol. The fraction of sp³-hybridized carbons (Fsp3) is 0.300. The van der Waals surface area contributed by atoms with Crippen LogP contribution in [-0.4, -0.2) is 38.7 Å². The predicted molar refractivity (Wildman–Crippen MR) is 99.9 cm³/mol. The molecule has 0 radical (unpaired) electrons. The van der Waals surface area contributed by atoms with Crippen molar-refractivity contribution in [1.29, 1.82) is 0 Å². The van der Waals surface area contributed by atoms with Crippen molar-refractivity contribution in [1.82, 2.24) is 0 Å². The average Bonchev–Trinajstić information content (AvgIpc) is 3.02. The van der Waals surface area contributed by atoms with Crippen LogP contribution >= 0.6 is 0 Å². The molecular weight excluding hydrogens is 332 g/mol. The molecule has 6 heteroatoms. The molecular formula is C20H22N2O4. The highest BCUT2D eigenvalue weighted by Gasteiger charge is 2.33. The highest BCUT2D eigenvalue weighted by molar-refractivity contribution is 6.02. The van der Waals surface area contributed by atoms with Crippen LogP contribution in [0.1, 0.15) is 22.3 Å². The Bertz CT molecular complexity index is 834. The van der Waals surface area contributed by atoms with E-state index >= 15 is 0 Å². The molecule has 3 rings (SSSR count). The van der Waals surface area contributed by atoms with Crippen molar-refractivity contribution < 1.29 is 19.1 Å². The number of esters is 1. The number of hydrogen-bond donors (Lipinski definition) is 1. The van der Waals surface area contributed by atoms with E-state index in [1.54, 1.807) is 18.1 Å². The number of nitrogens with zero attached hydrogens (tertiary/aromatic N) is 1. The lowest BCUT2D eigenvalue weighted by molar-refractivity contribution is -0.117. The smallest absolute Gasteiger partial charge is 0.338 e. The molecule has 1 heterocycles. The summed E-state index contributed by atoms with van der Waals surface area (Å²) >= 11 is 0. The predicted octanol–water partition coefficient (Wildman–Crippen LogP) is 3.01. The number of amides is 1. The Balaban J connectivity index is 1.78. The molecule has 0 spiro atoms. The second-order valence-electron chi connectivity index (χ2n) is 6.17. The molecule has 1 aliphatic heterocycles. The SMILES string of the molecule is COC(=O)c1cc(NC2CCN(c3ccccc3OC)C2=O)ccc1C. The molecule has 2 aromatic rings. The van der Waals surface area contributed by atoms with Gasteiger partial charge in [-0.05, 0) is 43.2 Å². The van der Waals surface area contributed by atoms with E-state index in [1.807, 2.05) is 43.3 Å². The largest absolute Gasteiger partial charge is 0.495 e. The van der Waals surface area contributed by atoms with Crippen LogP contribution in [-0.2, 0) is 9.53 Å². The number of aryl methyl sites for hydroxylation is 1. The highest BCUT2D eigenvalue weighted by Crippen LogP contribution is 2.32. The van der Waals surface area contributed by atoms with Crippen molar-refractivity contribution in [3.8, 4) is 5.75 Å². The van der Waals surface area contributed by atoms with Crippen molar-refractivity contribution in [3.05, 3.63) is 53.6 Å². The molecule has 2 aromatic carbocycles. The van der Waals surface area contributed by atoms with E-state index < -0.39 is 0 Å². The van der Waals surface area contributed by atoms with Gasteiger partial charge in [-0.1, -0.05) is 18.2 Å². The standard InChI is InChI=1S/C20H22N2O4/c1-13-8-9-14(12-15(13)20(24)26-3)21-16-10-11-22(19(16)23)17-6-4-5-7-18(17)25-2/h4-9,12,16,21H,10-11H2,1-3H3. The monoisotopic (exact) mass is 354 g/mol. The van der Waals surface area contributed by atoms with Crippen LogP contribution in [0, 0.1) is 6.92 Å². The van der Waals surface area contributed by atoms with Crippen LogP contribution in [0.5, 0.6) is 5.75 Å². The fourth-order valence-electron chi connectivity index (χ4n) is 3.15. The molecule has 136 valence electrons. The van der Waals surface area contributed by atoms with Gasteiger partial charge in [0.05, 0.1) is 25.5 Å². The van der Waals surface area contributed by atoms with E-state index in [1.165, 1.54) is 7.11 Å². The maximum absolute atomic E-state index is 12.8. The first-order chi connectivity index (χ1) is 12.5. The topological polar surface area (TPSA) is 67.9 Å². The molecule has 1 unspecified atom stereocenters. The number of anilines is 2. The van der Waals surface area contributed by atoms with Crippen molar-refractivity contribution >= 4 is 23.3 Å². The van der Waals surface area contributed by atoms with Gasteiger partial charge in [0.1, 0.15) is 11.8 Å². The minimum absolute atomic E-state index is 0.0188. The Hall–Kier alpha value is -3.02. The lowest BCUT2D eigenvalue weighted by atomic mass is 10.1. The van der Waals surface area contributed by atoms with Gasteiger partial charge in [0, 0.05) is 12.2 Å². The molecule has 0 saturated carbocycles. The van der Waals surface area contributed by atoms with Crippen LogP contribution < -0.4 is 15.0 Å². The third kappa shape index (κ3) is 3.35. The van der Waals surface area contributed by atoms with Gasteiger partial charge < -0.3 is 19.7 Å². The van der Waals surface area contributed by atoms with Crippen LogP contribution in [0.2, 0.25) is 0 Å². The molecule has 1 fully saturated rings. The van der Waals surface area contributed by atoms with Gasteiger partial charge in [-0.2, -0.15) is 0 Å². The molecule has 1 saturated heterocycles. The number of para-hydroxylation sites is 2. The summed E-state index contributed by atoms with van der Waals surface area (Å²) in [5, 5.41) is 3.23. The normalized spacial score (nSPS) is 16.5. The number of ether oxygens (including phenoxy) is 2.